The first-order valence-corrected chi connectivity index (χ1v) is 8.54. The second-order valence-corrected chi connectivity index (χ2v) is 7.36. The Morgan fingerprint density at radius 1 is 1.40 bits per heavy atom. The second kappa shape index (κ2) is 6.24. The predicted molar refractivity (Wildman–Crippen MR) is 78.0 cm³/mol. The molecule has 20 heavy (non-hydrogen) atoms. The van der Waals surface area contributed by atoms with Gasteiger partial charge in [-0.3, -0.25) is 4.68 Å². The fourth-order valence-corrected chi connectivity index (χ4v) is 4.31. The highest BCUT2D eigenvalue weighted by Gasteiger charge is 2.31. The van der Waals surface area contributed by atoms with Crippen molar-refractivity contribution in [2.45, 2.75) is 31.1 Å². The van der Waals surface area contributed by atoms with E-state index >= 15 is 0 Å². The lowest BCUT2D eigenvalue weighted by atomic mass is 9.95. The van der Waals surface area contributed by atoms with Gasteiger partial charge in [-0.15, -0.1) is 0 Å². The van der Waals surface area contributed by atoms with Gasteiger partial charge >= 0.3 is 0 Å². The Hall–Kier alpha value is -0.920. The van der Waals surface area contributed by atoms with Crippen molar-refractivity contribution in [1.82, 2.24) is 19.4 Å². The Kier molecular flexibility index (Phi) is 4.82. The summed E-state index contributed by atoms with van der Waals surface area (Å²) in [5, 5.41) is 7.18. The summed E-state index contributed by atoms with van der Waals surface area (Å²) in [5.74, 6) is 0.629. The Balaban J connectivity index is 2.04. The molecule has 0 atom stereocenters. The number of aromatic nitrogens is 2. The third-order valence-electron chi connectivity index (χ3n) is 4.18. The van der Waals surface area contributed by atoms with Gasteiger partial charge in [-0.2, -0.15) is 9.40 Å². The lowest BCUT2D eigenvalue weighted by Gasteiger charge is -2.31. The summed E-state index contributed by atoms with van der Waals surface area (Å²) in [6.45, 7) is 4.02. The van der Waals surface area contributed by atoms with Crippen molar-refractivity contribution >= 4 is 10.0 Å². The quantitative estimate of drug-likeness (QED) is 0.871. The van der Waals surface area contributed by atoms with Gasteiger partial charge < -0.3 is 5.32 Å². The molecule has 0 amide bonds. The first-order valence-electron chi connectivity index (χ1n) is 7.10. The average molecular weight is 300 g/mol. The maximum absolute atomic E-state index is 12.6. The smallest absolute Gasteiger partial charge is 0.246 e. The molecule has 0 aromatic carbocycles. The zero-order valence-electron chi connectivity index (χ0n) is 12.5. The number of aryl methyl sites for hydroxylation is 1. The molecule has 2 heterocycles. The van der Waals surface area contributed by atoms with Gasteiger partial charge in [-0.05, 0) is 45.7 Å². The van der Waals surface area contributed by atoms with Crippen LogP contribution in [0, 0.1) is 12.8 Å². The summed E-state index contributed by atoms with van der Waals surface area (Å²) in [6, 6.07) is 0. The van der Waals surface area contributed by atoms with Gasteiger partial charge in [0.15, 0.2) is 0 Å². The number of sulfonamides is 1. The van der Waals surface area contributed by atoms with Gasteiger partial charge in [0, 0.05) is 20.1 Å². The number of hydrogen-bond acceptors (Lipinski definition) is 4. The molecule has 2 rings (SSSR count). The van der Waals surface area contributed by atoms with E-state index in [1.165, 1.54) is 6.20 Å². The normalized spacial score (nSPS) is 18.6. The number of piperidine rings is 1. The minimum atomic E-state index is -3.38. The van der Waals surface area contributed by atoms with Gasteiger partial charge in [0.2, 0.25) is 10.0 Å². The van der Waals surface area contributed by atoms with Gasteiger partial charge in [-0.1, -0.05) is 0 Å². The Morgan fingerprint density at radius 2 is 2.05 bits per heavy atom. The first kappa shape index (κ1) is 15.5. The van der Waals surface area contributed by atoms with Crippen molar-refractivity contribution in [2.24, 2.45) is 13.0 Å². The van der Waals surface area contributed by atoms with Gasteiger partial charge in [0.05, 0.1) is 11.9 Å². The fraction of sp³-hybridized carbons (Fsp3) is 0.769. The van der Waals surface area contributed by atoms with Crippen LogP contribution in [0.15, 0.2) is 11.1 Å². The number of nitrogens with one attached hydrogen (secondary N) is 1. The molecule has 7 heteroatoms. The first-order chi connectivity index (χ1) is 9.46. The summed E-state index contributed by atoms with van der Waals surface area (Å²) in [7, 11) is 0.330. The molecule has 6 nitrogen and oxygen atoms in total. The van der Waals surface area contributed by atoms with Crippen LogP contribution in [0.3, 0.4) is 0 Å². The molecule has 0 unspecified atom stereocenters. The standard InChI is InChI=1S/C13H24N4O2S/c1-11-13(10-15-16(11)3)20(18,19)17-8-5-12(6-9-17)4-7-14-2/h10,12,14H,4-9H2,1-3H3. The molecule has 1 aliphatic rings. The lowest BCUT2D eigenvalue weighted by molar-refractivity contribution is 0.263. The van der Waals surface area contributed by atoms with Crippen LogP contribution in [0.25, 0.3) is 0 Å². The van der Waals surface area contributed by atoms with E-state index < -0.39 is 10.0 Å². The van der Waals surface area contributed by atoms with E-state index in [9.17, 15) is 8.42 Å². The van der Waals surface area contributed by atoms with Crippen molar-refractivity contribution in [2.75, 3.05) is 26.7 Å². The highest BCUT2D eigenvalue weighted by atomic mass is 32.2. The van der Waals surface area contributed by atoms with Crippen LogP contribution in [0.2, 0.25) is 0 Å². The molecule has 1 aromatic rings. The van der Waals surface area contributed by atoms with Gasteiger partial charge in [-0.25, -0.2) is 8.42 Å². The number of rotatable bonds is 5. The molecule has 1 aromatic heterocycles. The summed E-state index contributed by atoms with van der Waals surface area (Å²) in [4.78, 5) is 0.341. The summed E-state index contributed by atoms with van der Waals surface area (Å²) < 4.78 is 28.4. The van der Waals surface area contributed by atoms with E-state index in [0.717, 1.165) is 25.8 Å². The third-order valence-corrected chi connectivity index (χ3v) is 6.19. The van der Waals surface area contributed by atoms with Gasteiger partial charge in [0.25, 0.3) is 0 Å². The monoisotopic (exact) mass is 300 g/mol. The number of hydrogen-bond donors (Lipinski definition) is 1. The molecule has 1 fully saturated rings. The molecule has 1 aliphatic heterocycles. The minimum absolute atomic E-state index is 0.341. The zero-order chi connectivity index (χ0) is 14.8. The molecule has 0 aliphatic carbocycles. The molecular weight excluding hydrogens is 276 g/mol. The lowest BCUT2D eigenvalue weighted by Crippen LogP contribution is -2.39. The van der Waals surface area contributed by atoms with E-state index in [2.05, 4.69) is 10.4 Å². The van der Waals surface area contributed by atoms with Crippen LogP contribution in [0.5, 0.6) is 0 Å². The number of nitrogens with zero attached hydrogens (tertiary/aromatic N) is 3. The van der Waals surface area contributed by atoms with E-state index in [0.29, 0.717) is 29.6 Å². The molecule has 1 N–H and O–H groups in total. The zero-order valence-corrected chi connectivity index (χ0v) is 13.3. The molecule has 114 valence electrons. The Bertz CT molecular complexity index is 545. The fourth-order valence-electron chi connectivity index (χ4n) is 2.66. The van der Waals surface area contributed by atoms with Gasteiger partial charge in [0.1, 0.15) is 4.90 Å². The van der Waals surface area contributed by atoms with Crippen LogP contribution in [-0.4, -0.2) is 49.2 Å². The van der Waals surface area contributed by atoms with E-state index in [1.807, 2.05) is 7.05 Å². The summed E-state index contributed by atoms with van der Waals surface area (Å²) in [5.41, 5.74) is 0.697. The van der Waals surface area contributed by atoms with Crippen LogP contribution < -0.4 is 5.32 Å². The molecule has 0 radical (unpaired) electrons. The second-order valence-electron chi connectivity index (χ2n) is 5.46. The van der Waals surface area contributed by atoms with Crippen molar-refractivity contribution < 1.29 is 8.42 Å². The molecule has 0 saturated carbocycles. The van der Waals surface area contributed by atoms with Crippen molar-refractivity contribution in [3.05, 3.63) is 11.9 Å². The van der Waals surface area contributed by atoms with Crippen molar-refractivity contribution in [1.29, 1.82) is 0 Å². The highest BCUT2D eigenvalue weighted by molar-refractivity contribution is 7.89. The van der Waals surface area contributed by atoms with E-state index in [4.69, 9.17) is 0 Å². The topological polar surface area (TPSA) is 67.2 Å². The Morgan fingerprint density at radius 3 is 2.55 bits per heavy atom. The molecule has 1 saturated heterocycles. The summed E-state index contributed by atoms with van der Waals surface area (Å²) in [6.07, 6.45) is 4.47. The SMILES string of the molecule is CNCCC1CCN(S(=O)(=O)c2cnn(C)c2C)CC1. The maximum Gasteiger partial charge on any atom is 0.246 e. The largest absolute Gasteiger partial charge is 0.320 e. The third kappa shape index (κ3) is 3.05. The van der Waals surface area contributed by atoms with E-state index in [1.54, 1.807) is 23.0 Å². The average Bonchev–Trinajstić information content (AvgIpc) is 2.78. The molecule has 0 spiro atoms. The Labute approximate surface area is 121 Å². The van der Waals surface area contributed by atoms with Crippen LogP contribution >= 0.6 is 0 Å². The maximum atomic E-state index is 12.6. The molecular formula is C13H24N4O2S. The highest BCUT2D eigenvalue weighted by Crippen LogP contribution is 2.26. The van der Waals surface area contributed by atoms with E-state index in [-0.39, 0.29) is 0 Å². The van der Waals surface area contributed by atoms with Crippen LogP contribution in [0.4, 0.5) is 0 Å². The minimum Gasteiger partial charge on any atom is -0.320 e. The van der Waals surface area contributed by atoms with Crippen molar-refractivity contribution in [3.8, 4) is 0 Å². The summed E-state index contributed by atoms with van der Waals surface area (Å²) >= 11 is 0. The molecule has 0 bridgehead atoms. The van der Waals surface area contributed by atoms with Crippen molar-refractivity contribution in [3.63, 3.8) is 0 Å². The van der Waals surface area contributed by atoms with Crippen LogP contribution in [-0.2, 0) is 17.1 Å². The van der Waals surface area contributed by atoms with Crippen LogP contribution in [0.1, 0.15) is 25.0 Å². The predicted octanol–water partition coefficient (Wildman–Crippen LogP) is 0.739.